The van der Waals surface area contributed by atoms with E-state index in [1.165, 1.54) is 5.56 Å². The molecule has 2 aromatic heterocycles. The van der Waals surface area contributed by atoms with Crippen molar-refractivity contribution < 1.29 is 14.0 Å². The highest BCUT2D eigenvalue weighted by Gasteiger charge is 2.15. The second-order valence-corrected chi connectivity index (χ2v) is 6.60. The number of H-pyrrole nitrogens is 1. The maximum absolute atomic E-state index is 12.1. The Labute approximate surface area is 157 Å². The van der Waals surface area contributed by atoms with Crippen LogP contribution in [0.25, 0.3) is 10.9 Å². The summed E-state index contributed by atoms with van der Waals surface area (Å²) in [5.41, 5.74) is 4.43. The molecule has 3 aromatic rings. The topological polar surface area (TPSA) is 99.2 Å². The zero-order valence-electron chi connectivity index (χ0n) is 15.7. The van der Waals surface area contributed by atoms with Crippen molar-refractivity contribution in [2.24, 2.45) is 0 Å². The number of aromatic nitrogens is 1. The molecule has 0 aliphatic rings. The van der Waals surface area contributed by atoms with Gasteiger partial charge in [-0.05, 0) is 56.2 Å². The Kier molecular flexibility index (Phi) is 5.49. The van der Waals surface area contributed by atoms with Gasteiger partial charge in [0.15, 0.2) is 0 Å². The molecule has 0 saturated heterocycles. The van der Waals surface area contributed by atoms with E-state index in [1.807, 2.05) is 19.1 Å². The number of hydrogen-bond donors (Lipinski definition) is 4. The first kappa shape index (κ1) is 18.6. The number of carbonyl (C=O) groups is 2. The van der Waals surface area contributed by atoms with Crippen molar-refractivity contribution in [3.05, 3.63) is 59.2 Å². The first-order valence-electron chi connectivity index (χ1n) is 8.86. The van der Waals surface area contributed by atoms with Crippen molar-refractivity contribution in [1.82, 2.24) is 20.9 Å². The molecular weight excluding hydrogens is 344 g/mol. The number of carbonyl (C=O) groups excluding carboxylic acids is 2. The Morgan fingerprint density at radius 2 is 1.96 bits per heavy atom. The maximum Gasteiger partial charge on any atom is 0.315 e. The summed E-state index contributed by atoms with van der Waals surface area (Å²) in [6, 6.07) is 8.52. The van der Waals surface area contributed by atoms with Crippen molar-refractivity contribution in [2.75, 3.05) is 0 Å². The Morgan fingerprint density at radius 1 is 1.15 bits per heavy atom. The van der Waals surface area contributed by atoms with Crippen LogP contribution >= 0.6 is 0 Å². The standard InChI is InChI=1S/C20H24N4O3/c1-12-13(2)23-18-7-6-15(9-17(12)18)10-22-20(26)24-14(3)19(25)21-11-16-5-4-8-27-16/h4-9,14,23H,10-11H2,1-3H3,(H,21,25)(H2,22,24,26)/t14-/m1/s1. The number of aryl methyl sites for hydroxylation is 2. The van der Waals surface area contributed by atoms with Crippen molar-refractivity contribution in [3.63, 3.8) is 0 Å². The monoisotopic (exact) mass is 368 g/mol. The van der Waals surface area contributed by atoms with E-state index in [-0.39, 0.29) is 12.5 Å². The normalized spacial score (nSPS) is 12.0. The largest absolute Gasteiger partial charge is 0.467 e. The first-order valence-corrected chi connectivity index (χ1v) is 8.86. The van der Waals surface area contributed by atoms with Crippen LogP contribution in [0.5, 0.6) is 0 Å². The molecule has 4 N–H and O–H groups in total. The van der Waals surface area contributed by atoms with Crippen molar-refractivity contribution in [2.45, 2.75) is 39.9 Å². The lowest BCUT2D eigenvalue weighted by molar-refractivity contribution is -0.122. The fourth-order valence-electron chi connectivity index (χ4n) is 2.85. The van der Waals surface area contributed by atoms with E-state index in [1.54, 1.807) is 25.3 Å². The smallest absolute Gasteiger partial charge is 0.315 e. The van der Waals surface area contributed by atoms with Crippen LogP contribution in [0.3, 0.4) is 0 Å². The lowest BCUT2D eigenvalue weighted by atomic mass is 10.1. The molecule has 0 unspecified atom stereocenters. The summed E-state index contributed by atoms with van der Waals surface area (Å²) in [4.78, 5) is 27.4. The van der Waals surface area contributed by atoms with Gasteiger partial charge in [-0.2, -0.15) is 0 Å². The van der Waals surface area contributed by atoms with E-state index in [9.17, 15) is 9.59 Å². The summed E-state index contributed by atoms with van der Waals surface area (Å²) in [5, 5.41) is 9.29. The molecule has 0 saturated carbocycles. The number of benzene rings is 1. The zero-order valence-corrected chi connectivity index (χ0v) is 15.7. The molecule has 0 fully saturated rings. The van der Waals surface area contributed by atoms with Crippen molar-refractivity contribution in [3.8, 4) is 0 Å². The molecule has 0 aliphatic heterocycles. The Balaban J connectivity index is 1.48. The van der Waals surface area contributed by atoms with Crippen molar-refractivity contribution >= 4 is 22.8 Å². The third-order valence-electron chi connectivity index (χ3n) is 4.58. The minimum atomic E-state index is -0.656. The third-order valence-corrected chi connectivity index (χ3v) is 4.58. The quantitative estimate of drug-likeness (QED) is 0.538. The highest BCUT2D eigenvalue weighted by atomic mass is 16.3. The molecule has 1 atom stereocenters. The van der Waals surface area contributed by atoms with E-state index >= 15 is 0 Å². The van der Waals surface area contributed by atoms with Crippen LogP contribution in [0.15, 0.2) is 41.0 Å². The van der Waals surface area contributed by atoms with Gasteiger partial charge in [0.2, 0.25) is 5.91 Å². The van der Waals surface area contributed by atoms with Gasteiger partial charge < -0.3 is 25.4 Å². The molecule has 0 spiro atoms. The van der Waals surface area contributed by atoms with Gasteiger partial charge in [0.25, 0.3) is 0 Å². The lowest BCUT2D eigenvalue weighted by Crippen LogP contribution is -2.48. The average Bonchev–Trinajstić information content (AvgIpc) is 3.26. The molecule has 2 heterocycles. The summed E-state index contributed by atoms with van der Waals surface area (Å²) in [6.07, 6.45) is 1.55. The van der Waals surface area contributed by atoms with Crippen LogP contribution in [-0.4, -0.2) is 23.0 Å². The minimum absolute atomic E-state index is 0.276. The summed E-state index contributed by atoms with van der Waals surface area (Å²) in [5.74, 6) is 0.382. The van der Waals surface area contributed by atoms with Crippen LogP contribution in [-0.2, 0) is 17.9 Å². The number of nitrogens with one attached hydrogen (secondary N) is 4. The second kappa shape index (κ2) is 7.99. The highest BCUT2D eigenvalue weighted by molar-refractivity contribution is 5.87. The van der Waals surface area contributed by atoms with Crippen molar-refractivity contribution in [1.29, 1.82) is 0 Å². The molecule has 0 aliphatic carbocycles. The van der Waals surface area contributed by atoms with Gasteiger partial charge in [-0.15, -0.1) is 0 Å². The summed E-state index contributed by atoms with van der Waals surface area (Å²) < 4.78 is 5.16. The molecule has 3 rings (SSSR count). The highest BCUT2D eigenvalue weighted by Crippen LogP contribution is 2.22. The number of furan rings is 1. The van der Waals surface area contributed by atoms with Gasteiger partial charge in [0, 0.05) is 23.1 Å². The first-order chi connectivity index (χ1) is 12.9. The molecule has 0 radical (unpaired) electrons. The van der Waals surface area contributed by atoms with Gasteiger partial charge in [0.1, 0.15) is 11.8 Å². The van der Waals surface area contributed by atoms with Gasteiger partial charge in [-0.3, -0.25) is 4.79 Å². The van der Waals surface area contributed by atoms with E-state index in [4.69, 9.17) is 4.42 Å². The fourth-order valence-corrected chi connectivity index (χ4v) is 2.85. The van der Waals surface area contributed by atoms with Gasteiger partial charge in [-0.1, -0.05) is 6.07 Å². The predicted octanol–water partition coefficient (Wildman–Crippen LogP) is 2.88. The molecule has 7 nitrogen and oxygen atoms in total. The number of urea groups is 1. The summed E-state index contributed by atoms with van der Waals surface area (Å²) in [7, 11) is 0. The maximum atomic E-state index is 12.1. The van der Waals surface area contributed by atoms with E-state index in [0.29, 0.717) is 12.3 Å². The van der Waals surface area contributed by atoms with Gasteiger partial charge >= 0.3 is 6.03 Å². The zero-order chi connectivity index (χ0) is 19.4. The Morgan fingerprint density at radius 3 is 2.70 bits per heavy atom. The van der Waals surface area contributed by atoms with E-state index < -0.39 is 12.1 Å². The SMILES string of the molecule is Cc1[nH]c2ccc(CNC(=O)N[C@H](C)C(=O)NCc3ccco3)cc2c1C. The molecule has 27 heavy (non-hydrogen) atoms. The summed E-state index contributed by atoms with van der Waals surface area (Å²) >= 11 is 0. The Hall–Kier alpha value is -3.22. The van der Waals surface area contributed by atoms with E-state index in [0.717, 1.165) is 22.2 Å². The van der Waals surface area contributed by atoms with Crippen LogP contribution < -0.4 is 16.0 Å². The third kappa shape index (κ3) is 4.49. The number of fused-ring (bicyclic) bond motifs is 1. The number of rotatable bonds is 6. The summed E-state index contributed by atoms with van der Waals surface area (Å²) in [6.45, 7) is 6.41. The van der Waals surface area contributed by atoms with Crippen LogP contribution in [0.2, 0.25) is 0 Å². The molecular formula is C20H24N4O3. The lowest BCUT2D eigenvalue weighted by Gasteiger charge is -2.14. The van der Waals surface area contributed by atoms with E-state index in [2.05, 4.69) is 33.9 Å². The number of hydrogen-bond acceptors (Lipinski definition) is 3. The number of amides is 3. The molecule has 0 bridgehead atoms. The van der Waals surface area contributed by atoms with Crippen LogP contribution in [0, 0.1) is 13.8 Å². The second-order valence-electron chi connectivity index (χ2n) is 6.60. The van der Waals surface area contributed by atoms with Crippen LogP contribution in [0.4, 0.5) is 4.79 Å². The average molecular weight is 368 g/mol. The molecule has 1 aromatic carbocycles. The van der Waals surface area contributed by atoms with Gasteiger partial charge in [0.05, 0.1) is 12.8 Å². The molecule has 3 amide bonds. The minimum Gasteiger partial charge on any atom is -0.467 e. The van der Waals surface area contributed by atoms with Crippen LogP contribution in [0.1, 0.15) is 29.5 Å². The fraction of sp³-hybridized carbons (Fsp3) is 0.300. The molecule has 142 valence electrons. The molecule has 7 heteroatoms. The van der Waals surface area contributed by atoms with Gasteiger partial charge in [-0.25, -0.2) is 4.79 Å². The number of aromatic amines is 1. The Bertz CT molecular complexity index is 944. The predicted molar refractivity (Wildman–Crippen MR) is 103 cm³/mol.